The fourth-order valence-corrected chi connectivity index (χ4v) is 3.25. The summed E-state index contributed by atoms with van der Waals surface area (Å²) in [5.74, 6) is 0. The van der Waals surface area contributed by atoms with Gasteiger partial charge in [-0.1, -0.05) is 47.5 Å². The summed E-state index contributed by atoms with van der Waals surface area (Å²) in [4.78, 5) is 0. The summed E-state index contributed by atoms with van der Waals surface area (Å²) in [6, 6.07) is 16.0. The summed E-state index contributed by atoms with van der Waals surface area (Å²) in [5.41, 5.74) is 3.50. The van der Waals surface area contributed by atoms with Crippen LogP contribution in [0.3, 0.4) is 0 Å². The molecule has 0 aliphatic carbocycles. The van der Waals surface area contributed by atoms with E-state index in [1.165, 1.54) is 16.5 Å². The van der Waals surface area contributed by atoms with Crippen molar-refractivity contribution in [2.75, 3.05) is 0 Å². The Kier molecular flexibility index (Phi) is 3.76. The van der Waals surface area contributed by atoms with Gasteiger partial charge in [0, 0.05) is 20.1 Å². The Bertz CT molecular complexity index is 792. The van der Waals surface area contributed by atoms with Crippen LogP contribution in [0, 0.1) is 6.92 Å². The summed E-state index contributed by atoms with van der Waals surface area (Å²) in [6.07, 6.45) is 0. The average Bonchev–Trinajstić information content (AvgIpc) is 2.42. The molecular weight excluding hydrogens is 355 g/mol. The molecule has 0 N–H and O–H groups in total. The maximum atomic E-state index is 6.10. The van der Waals surface area contributed by atoms with Crippen LogP contribution < -0.4 is 0 Å². The number of benzene rings is 3. The molecule has 0 amide bonds. The topological polar surface area (TPSA) is 0 Å². The Labute approximate surface area is 136 Å². The molecule has 3 aromatic rings. The van der Waals surface area contributed by atoms with E-state index in [2.05, 4.69) is 35.0 Å². The van der Waals surface area contributed by atoms with Crippen molar-refractivity contribution in [2.24, 2.45) is 0 Å². The molecule has 3 heteroatoms. The van der Waals surface area contributed by atoms with Crippen LogP contribution in [0.15, 0.2) is 53.0 Å². The molecule has 0 aliphatic rings. The Morgan fingerprint density at radius 1 is 0.850 bits per heavy atom. The molecular formula is C17H11BrCl2. The number of aryl methyl sites for hydroxylation is 1. The van der Waals surface area contributed by atoms with E-state index in [-0.39, 0.29) is 0 Å². The van der Waals surface area contributed by atoms with Gasteiger partial charge >= 0.3 is 0 Å². The predicted molar refractivity (Wildman–Crippen MR) is 91.8 cm³/mol. The summed E-state index contributed by atoms with van der Waals surface area (Å²) >= 11 is 15.8. The molecule has 20 heavy (non-hydrogen) atoms. The van der Waals surface area contributed by atoms with Crippen molar-refractivity contribution >= 4 is 49.9 Å². The van der Waals surface area contributed by atoms with E-state index in [9.17, 15) is 0 Å². The van der Waals surface area contributed by atoms with E-state index in [1.807, 2.05) is 36.4 Å². The lowest BCUT2D eigenvalue weighted by molar-refractivity contribution is 1.46. The molecule has 0 aromatic heterocycles. The number of hydrogen-bond donors (Lipinski definition) is 0. The minimum Gasteiger partial charge on any atom is -0.0843 e. The van der Waals surface area contributed by atoms with Crippen LogP contribution in [0.25, 0.3) is 21.9 Å². The highest BCUT2D eigenvalue weighted by molar-refractivity contribution is 9.10. The second kappa shape index (κ2) is 5.40. The van der Waals surface area contributed by atoms with Gasteiger partial charge in [0.05, 0.1) is 0 Å². The van der Waals surface area contributed by atoms with Crippen LogP contribution in [0.5, 0.6) is 0 Å². The van der Waals surface area contributed by atoms with Crippen molar-refractivity contribution in [3.8, 4) is 11.1 Å². The van der Waals surface area contributed by atoms with Crippen molar-refractivity contribution in [3.05, 3.63) is 68.6 Å². The van der Waals surface area contributed by atoms with Crippen molar-refractivity contribution in [2.45, 2.75) is 6.92 Å². The summed E-state index contributed by atoms with van der Waals surface area (Å²) in [5, 5.41) is 3.81. The second-order valence-electron chi connectivity index (χ2n) is 4.75. The van der Waals surface area contributed by atoms with Crippen molar-refractivity contribution in [3.63, 3.8) is 0 Å². The minimum atomic E-state index is 0.741. The van der Waals surface area contributed by atoms with Crippen molar-refractivity contribution < 1.29 is 0 Å². The third-order valence-corrected chi connectivity index (χ3v) is 4.86. The highest BCUT2D eigenvalue weighted by Crippen LogP contribution is 2.38. The molecule has 0 saturated heterocycles. The average molecular weight is 366 g/mol. The molecule has 0 bridgehead atoms. The smallest absolute Gasteiger partial charge is 0.0412 e. The molecule has 0 heterocycles. The fraction of sp³-hybridized carbons (Fsp3) is 0.0588. The summed E-state index contributed by atoms with van der Waals surface area (Å²) in [6.45, 7) is 2.09. The third-order valence-electron chi connectivity index (χ3n) is 3.35. The van der Waals surface area contributed by atoms with Gasteiger partial charge in [-0.25, -0.2) is 0 Å². The molecule has 100 valence electrons. The first-order chi connectivity index (χ1) is 9.56. The Balaban J connectivity index is 2.38. The molecule has 3 rings (SSSR count). The molecule has 0 saturated carbocycles. The zero-order chi connectivity index (χ0) is 14.3. The lowest BCUT2D eigenvalue weighted by Gasteiger charge is -2.13. The highest BCUT2D eigenvalue weighted by Gasteiger charge is 2.11. The van der Waals surface area contributed by atoms with Crippen LogP contribution in [-0.4, -0.2) is 0 Å². The van der Waals surface area contributed by atoms with Gasteiger partial charge < -0.3 is 0 Å². The lowest BCUT2D eigenvalue weighted by atomic mass is 9.96. The summed E-state index contributed by atoms with van der Waals surface area (Å²) in [7, 11) is 0. The molecule has 0 unspecified atom stereocenters. The summed E-state index contributed by atoms with van der Waals surface area (Å²) < 4.78 is 1.11. The van der Waals surface area contributed by atoms with Gasteiger partial charge in [0.2, 0.25) is 0 Å². The molecule has 0 radical (unpaired) electrons. The molecule has 0 nitrogen and oxygen atoms in total. The maximum absolute atomic E-state index is 6.10. The Morgan fingerprint density at radius 2 is 1.50 bits per heavy atom. The van der Waals surface area contributed by atoms with Crippen LogP contribution in [0.4, 0.5) is 0 Å². The van der Waals surface area contributed by atoms with Crippen LogP contribution in [0.2, 0.25) is 10.0 Å². The SMILES string of the molecule is Cc1cc2cc(Cl)ccc2c(-c2ccc(Cl)cc2)c1Br. The van der Waals surface area contributed by atoms with Crippen LogP contribution in [-0.2, 0) is 0 Å². The van der Waals surface area contributed by atoms with E-state index in [0.717, 1.165) is 25.5 Å². The van der Waals surface area contributed by atoms with Crippen LogP contribution >= 0.6 is 39.1 Å². The quantitative estimate of drug-likeness (QED) is 0.440. The standard InChI is InChI=1S/C17H11BrCl2/c1-10-8-12-9-14(20)6-7-15(12)16(17(10)18)11-2-4-13(19)5-3-11/h2-9H,1H3. The van der Waals surface area contributed by atoms with Gasteiger partial charge in [-0.05, 0) is 69.0 Å². The molecule has 0 spiro atoms. The minimum absolute atomic E-state index is 0.741. The number of hydrogen-bond acceptors (Lipinski definition) is 0. The normalized spacial score (nSPS) is 11.0. The largest absolute Gasteiger partial charge is 0.0843 e. The van der Waals surface area contributed by atoms with E-state index in [0.29, 0.717) is 0 Å². The molecule has 0 aliphatic heterocycles. The van der Waals surface area contributed by atoms with Gasteiger partial charge in [0.25, 0.3) is 0 Å². The van der Waals surface area contributed by atoms with Crippen molar-refractivity contribution in [1.82, 2.24) is 0 Å². The van der Waals surface area contributed by atoms with Gasteiger partial charge in [0.1, 0.15) is 0 Å². The van der Waals surface area contributed by atoms with E-state index >= 15 is 0 Å². The van der Waals surface area contributed by atoms with Crippen molar-refractivity contribution in [1.29, 1.82) is 0 Å². The Hall–Kier alpha value is -1.02. The van der Waals surface area contributed by atoms with Gasteiger partial charge in [-0.3, -0.25) is 0 Å². The van der Waals surface area contributed by atoms with Gasteiger partial charge in [-0.2, -0.15) is 0 Å². The first-order valence-electron chi connectivity index (χ1n) is 6.20. The first-order valence-corrected chi connectivity index (χ1v) is 7.75. The van der Waals surface area contributed by atoms with Gasteiger partial charge in [0.15, 0.2) is 0 Å². The van der Waals surface area contributed by atoms with E-state index in [4.69, 9.17) is 23.2 Å². The highest BCUT2D eigenvalue weighted by atomic mass is 79.9. The zero-order valence-corrected chi connectivity index (χ0v) is 13.9. The first kappa shape index (κ1) is 13.9. The second-order valence-corrected chi connectivity index (χ2v) is 6.42. The zero-order valence-electron chi connectivity index (χ0n) is 10.8. The Morgan fingerprint density at radius 3 is 2.20 bits per heavy atom. The molecule has 0 fully saturated rings. The predicted octanol–water partition coefficient (Wildman–Crippen LogP) is 6.88. The number of fused-ring (bicyclic) bond motifs is 1. The molecule has 3 aromatic carbocycles. The third kappa shape index (κ3) is 2.46. The van der Waals surface area contributed by atoms with Crippen LogP contribution in [0.1, 0.15) is 5.56 Å². The monoisotopic (exact) mass is 364 g/mol. The van der Waals surface area contributed by atoms with E-state index in [1.54, 1.807) is 0 Å². The lowest BCUT2D eigenvalue weighted by Crippen LogP contribution is -1.87. The number of halogens is 3. The fourth-order valence-electron chi connectivity index (χ4n) is 2.39. The van der Waals surface area contributed by atoms with E-state index < -0.39 is 0 Å². The number of rotatable bonds is 1. The maximum Gasteiger partial charge on any atom is 0.0412 e. The van der Waals surface area contributed by atoms with Gasteiger partial charge in [-0.15, -0.1) is 0 Å². The molecule has 0 atom stereocenters.